The minimum absolute atomic E-state index is 0.0220. The summed E-state index contributed by atoms with van der Waals surface area (Å²) in [5.41, 5.74) is 0.918. The molecule has 1 N–H and O–H groups in total. The topological polar surface area (TPSA) is 88.6 Å². The number of halogens is 1. The van der Waals surface area contributed by atoms with Crippen LogP contribution in [-0.4, -0.2) is 53.2 Å². The van der Waals surface area contributed by atoms with E-state index in [-0.39, 0.29) is 30.4 Å². The van der Waals surface area contributed by atoms with Gasteiger partial charge in [0.05, 0.1) is 29.1 Å². The first-order valence-electron chi connectivity index (χ1n) is 9.86. The molecule has 30 heavy (non-hydrogen) atoms. The van der Waals surface area contributed by atoms with E-state index in [4.69, 9.17) is 16.3 Å². The number of Topliss-reactive ketones (excluding diaryl/α,β-unsaturated/α-hetero) is 1. The molecule has 1 aromatic carbocycles. The minimum atomic E-state index is -0.622. The van der Waals surface area contributed by atoms with Crippen molar-refractivity contribution in [3.8, 4) is 5.75 Å². The fourth-order valence-electron chi connectivity index (χ4n) is 4.04. The molecule has 4 rings (SSSR count). The van der Waals surface area contributed by atoms with Gasteiger partial charge in [0.25, 0.3) is 5.91 Å². The van der Waals surface area contributed by atoms with Gasteiger partial charge in [0.15, 0.2) is 5.78 Å². The Morgan fingerprint density at radius 3 is 2.77 bits per heavy atom. The fourth-order valence-corrected chi connectivity index (χ4v) is 4.26. The number of hydrogen-bond donors (Lipinski definition) is 1. The molecule has 1 fully saturated rings. The number of ether oxygens (including phenoxy) is 1. The average Bonchev–Trinajstić information content (AvgIpc) is 2.75. The lowest BCUT2D eigenvalue weighted by molar-refractivity contribution is -0.134. The van der Waals surface area contributed by atoms with Crippen molar-refractivity contribution in [2.45, 2.75) is 31.3 Å². The Morgan fingerprint density at radius 1 is 1.27 bits per heavy atom. The van der Waals surface area contributed by atoms with Crippen LogP contribution >= 0.6 is 11.6 Å². The lowest BCUT2D eigenvalue weighted by Crippen LogP contribution is -2.52. The lowest BCUT2D eigenvalue weighted by atomic mass is 9.82. The molecule has 1 saturated heterocycles. The number of piperidine rings is 1. The van der Waals surface area contributed by atoms with Gasteiger partial charge in [-0.2, -0.15) is 0 Å². The molecule has 0 bridgehead atoms. The van der Waals surface area contributed by atoms with Gasteiger partial charge in [-0.15, -0.1) is 0 Å². The van der Waals surface area contributed by atoms with Crippen molar-refractivity contribution in [3.05, 3.63) is 58.4 Å². The van der Waals surface area contributed by atoms with Crippen LogP contribution in [0.2, 0.25) is 5.02 Å². The Labute approximate surface area is 179 Å². The molecule has 2 amide bonds. The van der Waals surface area contributed by atoms with Crippen molar-refractivity contribution >= 4 is 29.2 Å². The van der Waals surface area contributed by atoms with Crippen molar-refractivity contribution in [3.63, 3.8) is 0 Å². The normalized spacial score (nSPS) is 17.3. The van der Waals surface area contributed by atoms with E-state index in [1.54, 1.807) is 42.3 Å². The number of rotatable bonds is 3. The van der Waals surface area contributed by atoms with E-state index in [0.29, 0.717) is 53.5 Å². The maximum Gasteiger partial charge on any atom is 0.251 e. The van der Waals surface area contributed by atoms with Crippen molar-refractivity contribution in [1.29, 1.82) is 0 Å². The third-order valence-electron chi connectivity index (χ3n) is 5.73. The second-order valence-corrected chi connectivity index (χ2v) is 8.08. The van der Waals surface area contributed by atoms with Gasteiger partial charge in [-0.05, 0) is 24.3 Å². The number of amides is 2. The van der Waals surface area contributed by atoms with Crippen molar-refractivity contribution in [1.82, 2.24) is 15.2 Å². The smallest absolute Gasteiger partial charge is 0.251 e. The van der Waals surface area contributed by atoms with Crippen LogP contribution in [0.5, 0.6) is 5.75 Å². The maximum atomic E-state index is 12.8. The summed E-state index contributed by atoms with van der Waals surface area (Å²) in [6.07, 6.45) is 3.05. The highest BCUT2D eigenvalue weighted by Gasteiger charge is 2.44. The second-order valence-electron chi connectivity index (χ2n) is 7.67. The Hall–Kier alpha value is -2.93. The van der Waals surface area contributed by atoms with Crippen LogP contribution in [0.25, 0.3) is 0 Å². The van der Waals surface area contributed by atoms with E-state index >= 15 is 0 Å². The predicted molar refractivity (Wildman–Crippen MR) is 111 cm³/mol. The van der Waals surface area contributed by atoms with Gasteiger partial charge >= 0.3 is 0 Å². The molecule has 2 aliphatic rings. The van der Waals surface area contributed by atoms with Gasteiger partial charge in [0.1, 0.15) is 11.4 Å². The lowest BCUT2D eigenvalue weighted by Gasteiger charge is -2.44. The molecule has 2 aliphatic heterocycles. The molecule has 0 unspecified atom stereocenters. The largest absolute Gasteiger partial charge is 0.484 e. The number of pyridine rings is 1. The number of carbonyl (C=O) groups is 3. The monoisotopic (exact) mass is 427 g/mol. The zero-order chi connectivity index (χ0) is 21.3. The van der Waals surface area contributed by atoms with Crippen LogP contribution in [-0.2, 0) is 11.2 Å². The molecule has 7 nitrogen and oxygen atoms in total. The number of benzene rings is 1. The summed E-state index contributed by atoms with van der Waals surface area (Å²) >= 11 is 6.25. The number of nitrogens with zero attached hydrogens (tertiary/aromatic N) is 2. The van der Waals surface area contributed by atoms with Crippen LogP contribution in [0.4, 0.5) is 0 Å². The molecule has 1 aromatic heterocycles. The zero-order valence-corrected chi connectivity index (χ0v) is 17.4. The Bertz CT molecular complexity index is 1020. The molecule has 0 saturated carbocycles. The van der Waals surface area contributed by atoms with Gasteiger partial charge in [0, 0.05) is 44.7 Å². The number of nitrogens with one attached hydrogen (secondary N) is 1. The van der Waals surface area contributed by atoms with E-state index in [1.165, 1.54) is 6.20 Å². The Morgan fingerprint density at radius 2 is 2.03 bits per heavy atom. The molecular formula is C22H22ClN3O4. The van der Waals surface area contributed by atoms with E-state index < -0.39 is 5.60 Å². The average molecular weight is 428 g/mol. The highest BCUT2D eigenvalue weighted by atomic mass is 35.5. The Kier molecular flexibility index (Phi) is 5.47. The summed E-state index contributed by atoms with van der Waals surface area (Å²) < 4.78 is 6.21. The van der Waals surface area contributed by atoms with E-state index in [0.717, 1.165) is 0 Å². The summed E-state index contributed by atoms with van der Waals surface area (Å²) in [6, 6.07) is 8.43. The van der Waals surface area contributed by atoms with Crippen LogP contribution in [0.15, 0.2) is 36.5 Å². The predicted octanol–water partition coefficient (Wildman–Crippen LogP) is 2.66. The maximum absolute atomic E-state index is 12.8. The minimum Gasteiger partial charge on any atom is -0.484 e. The van der Waals surface area contributed by atoms with Crippen molar-refractivity contribution in [2.75, 3.05) is 20.1 Å². The molecule has 0 radical (unpaired) electrons. The first-order valence-corrected chi connectivity index (χ1v) is 10.2. The molecule has 0 atom stereocenters. The molecule has 1 spiro atoms. The van der Waals surface area contributed by atoms with Gasteiger partial charge < -0.3 is 15.0 Å². The van der Waals surface area contributed by atoms with Crippen LogP contribution < -0.4 is 10.1 Å². The third-order valence-corrected chi connectivity index (χ3v) is 6.03. The van der Waals surface area contributed by atoms with Gasteiger partial charge in [-0.1, -0.05) is 17.7 Å². The summed E-state index contributed by atoms with van der Waals surface area (Å²) in [6.45, 7) is 0.974. The molecule has 3 heterocycles. The van der Waals surface area contributed by atoms with Crippen molar-refractivity contribution in [2.24, 2.45) is 0 Å². The Balaban J connectivity index is 1.41. The first-order chi connectivity index (χ1) is 14.4. The van der Waals surface area contributed by atoms with Gasteiger partial charge in [0.2, 0.25) is 5.91 Å². The highest BCUT2D eigenvalue weighted by Crippen LogP contribution is 2.42. The summed E-state index contributed by atoms with van der Waals surface area (Å²) in [7, 11) is 1.56. The number of fused-ring (bicyclic) bond motifs is 1. The SMILES string of the molecule is CNC(=O)c1ccnc(CC(=O)N2CCC3(CC2)CC(=O)c2cccc(Cl)c2O3)c1. The molecule has 156 valence electrons. The summed E-state index contributed by atoms with van der Waals surface area (Å²) in [4.78, 5) is 43.1. The number of likely N-dealkylation sites (tertiary alicyclic amines) is 1. The highest BCUT2D eigenvalue weighted by molar-refractivity contribution is 6.32. The van der Waals surface area contributed by atoms with E-state index in [1.807, 2.05) is 0 Å². The summed E-state index contributed by atoms with van der Waals surface area (Å²) in [5, 5.41) is 2.99. The van der Waals surface area contributed by atoms with Crippen molar-refractivity contribution < 1.29 is 19.1 Å². The summed E-state index contributed by atoms with van der Waals surface area (Å²) in [5.74, 6) is 0.190. The molecule has 0 aliphatic carbocycles. The van der Waals surface area contributed by atoms with Gasteiger partial charge in [-0.3, -0.25) is 19.4 Å². The third kappa shape index (κ3) is 3.89. The van der Waals surface area contributed by atoms with Gasteiger partial charge in [-0.25, -0.2) is 0 Å². The number of para-hydroxylation sites is 1. The van der Waals surface area contributed by atoms with E-state index in [9.17, 15) is 14.4 Å². The number of ketones is 1. The number of carbonyl (C=O) groups excluding carboxylic acids is 3. The second kappa shape index (κ2) is 8.07. The molecule has 2 aromatic rings. The fraction of sp³-hybridized carbons (Fsp3) is 0.364. The standard InChI is InChI=1S/C22H22ClN3O4/c1-24-21(29)14-5-8-25-15(11-14)12-19(28)26-9-6-22(7-10-26)13-18(27)16-3-2-4-17(23)20(16)30-22/h2-5,8,11H,6-7,9-10,12-13H2,1H3,(H,24,29). The zero-order valence-electron chi connectivity index (χ0n) is 16.6. The van der Waals surface area contributed by atoms with Crippen LogP contribution in [0, 0.1) is 0 Å². The molecule has 8 heteroatoms. The van der Waals surface area contributed by atoms with Crippen LogP contribution in [0.1, 0.15) is 45.7 Å². The van der Waals surface area contributed by atoms with Crippen LogP contribution in [0.3, 0.4) is 0 Å². The number of hydrogen-bond acceptors (Lipinski definition) is 5. The first kappa shape index (κ1) is 20.3. The van der Waals surface area contributed by atoms with E-state index in [2.05, 4.69) is 10.3 Å². The quantitative estimate of drug-likeness (QED) is 0.813. The molecular weight excluding hydrogens is 406 g/mol. The number of aromatic nitrogens is 1.